The Balaban J connectivity index is 1.44. The fourth-order valence-corrected chi connectivity index (χ4v) is 5.70. The van der Waals surface area contributed by atoms with Crippen LogP contribution in [-0.2, 0) is 11.3 Å². The summed E-state index contributed by atoms with van der Waals surface area (Å²) in [6.07, 6.45) is 2.73. The molecular weight excluding hydrogens is 467 g/mol. The van der Waals surface area contributed by atoms with Gasteiger partial charge in [-0.3, -0.25) is 14.7 Å². The van der Waals surface area contributed by atoms with Crippen LogP contribution in [-0.4, -0.2) is 59.4 Å². The highest BCUT2D eigenvalue weighted by Crippen LogP contribution is 2.35. The van der Waals surface area contributed by atoms with Crippen molar-refractivity contribution in [1.29, 1.82) is 0 Å². The number of carbonyl (C=O) groups is 1. The number of methoxy groups -OCH3 is 1. The quantitative estimate of drug-likeness (QED) is 0.460. The van der Waals surface area contributed by atoms with Crippen molar-refractivity contribution in [2.24, 2.45) is 0 Å². The average Bonchev–Trinajstić information content (AvgIpc) is 2.88. The van der Waals surface area contributed by atoms with Gasteiger partial charge in [0.05, 0.1) is 30.2 Å². The Kier molecular flexibility index (Phi) is 7.19. The Morgan fingerprint density at radius 1 is 1.26 bits per heavy atom. The molecule has 9 heteroatoms. The van der Waals surface area contributed by atoms with Crippen LogP contribution in [0, 0.1) is 5.82 Å². The van der Waals surface area contributed by atoms with Crippen LogP contribution in [0.15, 0.2) is 47.5 Å². The minimum atomic E-state index is -0.793. The van der Waals surface area contributed by atoms with E-state index >= 15 is 4.39 Å². The first kappa shape index (κ1) is 24.0. The molecule has 3 N–H and O–H groups in total. The number of fused-ring (bicyclic) bond motifs is 2. The second kappa shape index (κ2) is 10.5. The zero-order valence-corrected chi connectivity index (χ0v) is 20.4. The van der Waals surface area contributed by atoms with E-state index in [9.17, 15) is 9.90 Å². The number of nitrogens with zero attached hydrogens (tertiary/aromatic N) is 2. The Hall–Kier alpha value is -2.72. The van der Waals surface area contributed by atoms with Crippen molar-refractivity contribution >= 4 is 34.3 Å². The molecule has 2 aliphatic rings. The fourth-order valence-electron chi connectivity index (χ4n) is 4.89. The standard InChI is InChI=1S/C26H29FN4O3S/c1-34-18-2-3-22-20(11-18)19(6-9-29-22)24(32)14-31(17-4-7-28-8-5-17)13-16-10-23-25(12-21(16)27)35-15-26(33)30-23/h2-3,6,9-12,17,24,28,32H,4-5,7-8,13-15H2,1H3,(H,30,33)/t24-/m0/s1. The number of hydrogen-bond donors (Lipinski definition) is 3. The van der Waals surface area contributed by atoms with Crippen molar-refractivity contribution in [2.75, 3.05) is 37.8 Å². The minimum absolute atomic E-state index is 0.0781. The first-order chi connectivity index (χ1) is 17.0. The summed E-state index contributed by atoms with van der Waals surface area (Å²) in [6.45, 7) is 2.45. The highest BCUT2D eigenvalue weighted by atomic mass is 32.2. The lowest BCUT2D eigenvalue weighted by molar-refractivity contribution is -0.113. The third kappa shape index (κ3) is 5.28. The summed E-state index contributed by atoms with van der Waals surface area (Å²) < 4.78 is 20.5. The number of thioether (sulfide) groups is 1. The number of carbonyl (C=O) groups excluding carboxylic acids is 1. The maximum absolute atomic E-state index is 15.1. The van der Waals surface area contributed by atoms with Gasteiger partial charge >= 0.3 is 0 Å². The van der Waals surface area contributed by atoms with E-state index in [2.05, 4.69) is 20.5 Å². The SMILES string of the molecule is COc1ccc2nccc([C@@H](O)CN(Cc3cc4c(cc3F)SCC(=O)N4)C3CCNCC3)c2c1. The Morgan fingerprint density at radius 2 is 2.09 bits per heavy atom. The lowest BCUT2D eigenvalue weighted by Gasteiger charge is -2.36. The number of pyridine rings is 1. The van der Waals surface area contributed by atoms with Crippen LogP contribution in [0.5, 0.6) is 5.75 Å². The molecule has 0 bridgehead atoms. The van der Waals surface area contributed by atoms with Crippen molar-refractivity contribution in [2.45, 2.75) is 36.4 Å². The summed E-state index contributed by atoms with van der Waals surface area (Å²) in [5.74, 6) is 0.625. The third-order valence-corrected chi connectivity index (χ3v) is 7.78. The summed E-state index contributed by atoms with van der Waals surface area (Å²) in [4.78, 5) is 19.2. The maximum atomic E-state index is 15.1. The molecule has 184 valence electrons. The lowest BCUT2D eigenvalue weighted by Crippen LogP contribution is -2.44. The van der Waals surface area contributed by atoms with E-state index < -0.39 is 6.10 Å². The second-order valence-electron chi connectivity index (χ2n) is 8.99. The zero-order chi connectivity index (χ0) is 24.4. The highest BCUT2D eigenvalue weighted by Gasteiger charge is 2.27. The monoisotopic (exact) mass is 496 g/mol. The molecule has 35 heavy (non-hydrogen) atoms. The summed E-state index contributed by atoms with van der Waals surface area (Å²) in [5.41, 5.74) is 2.71. The van der Waals surface area contributed by atoms with E-state index in [4.69, 9.17) is 4.74 Å². The van der Waals surface area contributed by atoms with Gasteiger partial charge in [-0.05, 0) is 67.9 Å². The number of ether oxygens (including phenoxy) is 1. The molecule has 1 aromatic heterocycles. The van der Waals surface area contributed by atoms with Crippen LogP contribution in [0.2, 0.25) is 0 Å². The Morgan fingerprint density at radius 3 is 2.89 bits per heavy atom. The number of aliphatic hydroxyl groups excluding tert-OH is 1. The molecule has 2 aliphatic heterocycles. The number of amides is 1. The van der Waals surface area contributed by atoms with E-state index in [0.29, 0.717) is 35.8 Å². The van der Waals surface area contributed by atoms with Gasteiger partial charge in [-0.1, -0.05) is 0 Å². The number of halogens is 1. The molecule has 1 amide bonds. The molecule has 0 spiro atoms. The highest BCUT2D eigenvalue weighted by molar-refractivity contribution is 8.00. The van der Waals surface area contributed by atoms with Gasteiger partial charge in [0.25, 0.3) is 0 Å². The van der Waals surface area contributed by atoms with Gasteiger partial charge in [0.2, 0.25) is 5.91 Å². The van der Waals surface area contributed by atoms with E-state index in [1.165, 1.54) is 17.8 Å². The predicted molar refractivity (Wildman–Crippen MR) is 135 cm³/mol. The normalized spacial score (nSPS) is 17.3. The molecule has 1 atom stereocenters. The van der Waals surface area contributed by atoms with Crippen molar-refractivity contribution in [3.05, 3.63) is 59.5 Å². The van der Waals surface area contributed by atoms with Crippen LogP contribution in [0.3, 0.4) is 0 Å². The van der Waals surface area contributed by atoms with Crippen molar-refractivity contribution < 1.29 is 19.0 Å². The van der Waals surface area contributed by atoms with Crippen LogP contribution in [0.25, 0.3) is 10.9 Å². The Labute approximate surface area is 208 Å². The van der Waals surface area contributed by atoms with Crippen LogP contribution in [0.1, 0.15) is 30.1 Å². The van der Waals surface area contributed by atoms with Gasteiger partial charge in [0.15, 0.2) is 0 Å². The van der Waals surface area contributed by atoms with E-state index in [1.807, 2.05) is 24.3 Å². The Bertz CT molecular complexity index is 1230. The lowest BCUT2D eigenvalue weighted by atomic mass is 9.99. The molecule has 5 rings (SSSR count). The van der Waals surface area contributed by atoms with Gasteiger partial charge < -0.3 is 20.5 Å². The van der Waals surface area contributed by atoms with Crippen molar-refractivity contribution in [3.63, 3.8) is 0 Å². The summed E-state index contributed by atoms with van der Waals surface area (Å²) in [7, 11) is 1.61. The molecule has 7 nitrogen and oxygen atoms in total. The van der Waals surface area contributed by atoms with Gasteiger partial charge in [0.1, 0.15) is 11.6 Å². The molecule has 3 heterocycles. The number of anilines is 1. The minimum Gasteiger partial charge on any atom is -0.497 e. The largest absolute Gasteiger partial charge is 0.497 e. The maximum Gasteiger partial charge on any atom is 0.234 e. The number of benzene rings is 2. The molecule has 0 unspecified atom stereocenters. The van der Waals surface area contributed by atoms with Gasteiger partial charge in [-0.15, -0.1) is 11.8 Å². The van der Waals surface area contributed by atoms with Crippen LogP contribution >= 0.6 is 11.8 Å². The predicted octanol–water partition coefficient (Wildman–Crippen LogP) is 3.71. The molecule has 2 aromatic carbocycles. The topological polar surface area (TPSA) is 86.7 Å². The van der Waals surface area contributed by atoms with E-state index in [0.717, 1.165) is 47.3 Å². The zero-order valence-electron chi connectivity index (χ0n) is 19.6. The smallest absolute Gasteiger partial charge is 0.234 e. The third-order valence-electron chi connectivity index (χ3n) is 6.73. The average molecular weight is 497 g/mol. The fraction of sp³-hybridized carbons (Fsp3) is 0.385. The molecule has 1 fully saturated rings. The van der Waals surface area contributed by atoms with Crippen molar-refractivity contribution in [3.8, 4) is 5.75 Å². The van der Waals surface area contributed by atoms with Gasteiger partial charge in [-0.25, -0.2) is 4.39 Å². The molecule has 0 radical (unpaired) electrons. The van der Waals surface area contributed by atoms with Gasteiger partial charge in [-0.2, -0.15) is 0 Å². The second-order valence-corrected chi connectivity index (χ2v) is 10.0. The van der Waals surface area contributed by atoms with Crippen LogP contribution in [0.4, 0.5) is 10.1 Å². The number of piperidine rings is 1. The number of rotatable bonds is 7. The summed E-state index contributed by atoms with van der Waals surface area (Å²) >= 11 is 1.35. The van der Waals surface area contributed by atoms with E-state index in [1.54, 1.807) is 19.4 Å². The summed E-state index contributed by atoms with van der Waals surface area (Å²) in [6, 6.07) is 10.9. The first-order valence-electron chi connectivity index (χ1n) is 11.8. The number of aliphatic hydroxyl groups is 1. The number of nitrogens with one attached hydrogen (secondary N) is 2. The molecule has 3 aromatic rings. The number of hydrogen-bond acceptors (Lipinski definition) is 7. The summed E-state index contributed by atoms with van der Waals surface area (Å²) in [5, 5.41) is 18.4. The first-order valence-corrected chi connectivity index (χ1v) is 12.8. The molecule has 0 aliphatic carbocycles. The van der Waals surface area contributed by atoms with Crippen LogP contribution < -0.4 is 15.4 Å². The number of aromatic nitrogens is 1. The molecule has 0 saturated carbocycles. The van der Waals surface area contributed by atoms with Gasteiger partial charge in [0, 0.05) is 41.2 Å². The molecular formula is C26H29FN4O3S. The molecule has 1 saturated heterocycles. The van der Waals surface area contributed by atoms with E-state index in [-0.39, 0.29) is 17.8 Å². The van der Waals surface area contributed by atoms with Crippen molar-refractivity contribution in [1.82, 2.24) is 15.2 Å².